The van der Waals surface area contributed by atoms with Gasteiger partial charge in [0, 0.05) is 25.4 Å². The van der Waals surface area contributed by atoms with Crippen molar-refractivity contribution in [1.82, 2.24) is 15.1 Å². The molecular weight excluding hydrogens is 174 g/mol. The first-order chi connectivity index (χ1) is 6.67. The summed E-state index contributed by atoms with van der Waals surface area (Å²) in [5.74, 6) is 0. The summed E-state index contributed by atoms with van der Waals surface area (Å²) in [5.41, 5.74) is 3.74. The van der Waals surface area contributed by atoms with Crippen molar-refractivity contribution in [3.8, 4) is 0 Å². The molecule has 0 radical (unpaired) electrons. The lowest BCUT2D eigenvalue weighted by molar-refractivity contribution is 0.746. The molecule has 0 atom stereocenters. The van der Waals surface area contributed by atoms with Gasteiger partial charge in [-0.2, -0.15) is 5.10 Å². The van der Waals surface area contributed by atoms with Crippen LogP contribution < -0.4 is 5.32 Å². The second-order valence-corrected chi connectivity index (χ2v) is 3.58. The zero-order chi connectivity index (χ0) is 10.6. The molecule has 0 aromatic carbocycles. The first-order valence-electron chi connectivity index (χ1n) is 5.01. The molecule has 1 rings (SSSR count). The van der Waals surface area contributed by atoms with Crippen molar-refractivity contribution >= 4 is 6.08 Å². The molecule has 14 heavy (non-hydrogen) atoms. The van der Waals surface area contributed by atoms with Crippen molar-refractivity contribution in [2.45, 2.75) is 20.3 Å². The molecule has 0 bridgehead atoms. The van der Waals surface area contributed by atoms with Gasteiger partial charge in [0.2, 0.25) is 0 Å². The van der Waals surface area contributed by atoms with Crippen LogP contribution in [0.25, 0.3) is 6.08 Å². The zero-order valence-corrected chi connectivity index (χ0v) is 9.46. The van der Waals surface area contributed by atoms with Gasteiger partial charge in [0.05, 0.1) is 5.69 Å². The maximum Gasteiger partial charge on any atom is 0.0694 e. The average molecular weight is 193 g/mol. The molecule has 3 heteroatoms. The van der Waals surface area contributed by atoms with E-state index in [1.807, 2.05) is 18.8 Å². The number of hydrogen-bond donors (Lipinski definition) is 1. The highest BCUT2D eigenvalue weighted by atomic mass is 15.2. The molecular formula is C11H19N3. The molecule has 0 fully saturated rings. The highest BCUT2D eigenvalue weighted by molar-refractivity contribution is 5.54. The first kappa shape index (κ1) is 11.0. The molecule has 1 aromatic heterocycles. The molecule has 3 nitrogen and oxygen atoms in total. The maximum absolute atomic E-state index is 4.39. The summed E-state index contributed by atoms with van der Waals surface area (Å²) in [5, 5.41) is 7.53. The smallest absolute Gasteiger partial charge is 0.0694 e. The number of hydrogen-bond acceptors (Lipinski definition) is 2. The van der Waals surface area contributed by atoms with E-state index in [0.29, 0.717) is 0 Å². The van der Waals surface area contributed by atoms with E-state index in [9.17, 15) is 0 Å². The van der Waals surface area contributed by atoms with Gasteiger partial charge in [-0.15, -0.1) is 0 Å². The van der Waals surface area contributed by atoms with Gasteiger partial charge >= 0.3 is 0 Å². The second-order valence-electron chi connectivity index (χ2n) is 3.58. The van der Waals surface area contributed by atoms with Crippen LogP contribution in [0, 0.1) is 0 Å². The Morgan fingerprint density at radius 1 is 1.64 bits per heavy atom. The Morgan fingerprint density at radius 2 is 2.36 bits per heavy atom. The van der Waals surface area contributed by atoms with Crippen molar-refractivity contribution in [2.24, 2.45) is 7.05 Å². The summed E-state index contributed by atoms with van der Waals surface area (Å²) in [6.07, 6.45) is 5.25. The molecule has 0 spiro atoms. The predicted molar refractivity (Wildman–Crippen MR) is 60.2 cm³/mol. The molecule has 0 saturated heterocycles. The Hall–Kier alpha value is -1.09. The Bertz CT molecular complexity index is 323. The summed E-state index contributed by atoms with van der Waals surface area (Å²) >= 11 is 0. The van der Waals surface area contributed by atoms with Gasteiger partial charge in [0.25, 0.3) is 0 Å². The Labute approximate surface area is 85.8 Å². The van der Waals surface area contributed by atoms with E-state index in [1.165, 1.54) is 16.8 Å². The SMILES string of the molecule is CCc1nn(C)cc1/C=C(/C)CNC. The summed E-state index contributed by atoms with van der Waals surface area (Å²) in [4.78, 5) is 0. The van der Waals surface area contributed by atoms with Crippen LogP contribution in [-0.2, 0) is 13.5 Å². The lowest BCUT2D eigenvalue weighted by atomic mass is 10.1. The van der Waals surface area contributed by atoms with Gasteiger partial charge in [-0.3, -0.25) is 4.68 Å². The van der Waals surface area contributed by atoms with Gasteiger partial charge < -0.3 is 5.32 Å². The van der Waals surface area contributed by atoms with Crippen LogP contribution in [0.15, 0.2) is 11.8 Å². The fraction of sp³-hybridized carbons (Fsp3) is 0.545. The number of likely N-dealkylation sites (N-methyl/N-ethyl adjacent to an activating group) is 1. The monoisotopic (exact) mass is 193 g/mol. The Morgan fingerprint density at radius 3 is 2.93 bits per heavy atom. The quantitative estimate of drug-likeness (QED) is 0.787. The van der Waals surface area contributed by atoms with Crippen molar-refractivity contribution in [2.75, 3.05) is 13.6 Å². The second kappa shape index (κ2) is 4.96. The molecule has 0 aliphatic carbocycles. The molecule has 0 saturated carbocycles. The van der Waals surface area contributed by atoms with E-state index in [-0.39, 0.29) is 0 Å². The van der Waals surface area contributed by atoms with Crippen molar-refractivity contribution in [1.29, 1.82) is 0 Å². The number of rotatable bonds is 4. The van der Waals surface area contributed by atoms with Crippen LogP contribution in [-0.4, -0.2) is 23.4 Å². The van der Waals surface area contributed by atoms with Gasteiger partial charge in [-0.05, 0) is 20.4 Å². The number of nitrogens with one attached hydrogen (secondary N) is 1. The Balaban J connectivity index is 2.89. The summed E-state index contributed by atoms with van der Waals surface area (Å²) < 4.78 is 1.87. The molecule has 1 N–H and O–H groups in total. The third kappa shape index (κ3) is 2.70. The van der Waals surface area contributed by atoms with E-state index in [2.05, 4.69) is 36.5 Å². The van der Waals surface area contributed by atoms with Gasteiger partial charge in [0.1, 0.15) is 0 Å². The molecule has 0 aliphatic rings. The highest BCUT2D eigenvalue weighted by Crippen LogP contribution is 2.11. The lowest BCUT2D eigenvalue weighted by Gasteiger charge is -1.98. The minimum atomic E-state index is 0.929. The standard InChI is InChI=1S/C11H19N3/c1-5-11-10(8-14(4)13-11)6-9(2)7-12-3/h6,8,12H,5,7H2,1-4H3/b9-6-. The van der Waals surface area contributed by atoms with Crippen LogP contribution in [0.5, 0.6) is 0 Å². The fourth-order valence-electron chi connectivity index (χ4n) is 1.54. The highest BCUT2D eigenvalue weighted by Gasteiger charge is 2.02. The normalized spacial score (nSPS) is 12.1. The Kier molecular flexibility index (Phi) is 3.89. The maximum atomic E-state index is 4.39. The predicted octanol–water partition coefficient (Wildman–Crippen LogP) is 1.61. The van der Waals surface area contributed by atoms with Gasteiger partial charge in [-0.1, -0.05) is 18.6 Å². The van der Waals surface area contributed by atoms with Crippen molar-refractivity contribution in [3.05, 3.63) is 23.0 Å². The molecule has 1 aromatic rings. The van der Waals surface area contributed by atoms with Crippen LogP contribution in [0.1, 0.15) is 25.1 Å². The van der Waals surface area contributed by atoms with Crippen molar-refractivity contribution in [3.63, 3.8) is 0 Å². The third-order valence-electron chi connectivity index (χ3n) is 2.13. The summed E-state index contributed by atoms with van der Waals surface area (Å²) in [6, 6.07) is 0. The zero-order valence-electron chi connectivity index (χ0n) is 9.46. The van der Waals surface area contributed by atoms with Gasteiger partial charge in [-0.25, -0.2) is 0 Å². The lowest BCUT2D eigenvalue weighted by Crippen LogP contribution is -2.08. The van der Waals surface area contributed by atoms with E-state index in [0.717, 1.165) is 13.0 Å². The molecule has 1 heterocycles. The van der Waals surface area contributed by atoms with E-state index in [1.54, 1.807) is 0 Å². The third-order valence-corrected chi connectivity index (χ3v) is 2.13. The number of aromatic nitrogens is 2. The van der Waals surface area contributed by atoms with Crippen molar-refractivity contribution < 1.29 is 0 Å². The largest absolute Gasteiger partial charge is 0.316 e. The van der Waals surface area contributed by atoms with Crippen LogP contribution in [0.4, 0.5) is 0 Å². The first-order valence-corrected chi connectivity index (χ1v) is 5.01. The van der Waals surface area contributed by atoms with Crippen LogP contribution in [0.2, 0.25) is 0 Å². The van der Waals surface area contributed by atoms with E-state index < -0.39 is 0 Å². The average Bonchev–Trinajstić information content (AvgIpc) is 2.46. The van der Waals surface area contributed by atoms with E-state index in [4.69, 9.17) is 0 Å². The van der Waals surface area contributed by atoms with Crippen LogP contribution >= 0.6 is 0 Å². The number of aryl methyl sites for hydroxylation is 2. The van der Waals surface area contributed by atoms with Crippen LogP contribution in [0.3, 0.4) is 0 Å². The number of nitrogens with zero attached hydrogens (tertiary/aromatic N) is 2. The summed E-state index contributed by atoms with van der Waals surface area (Å²) in [7, 11) is 3.92. The molecule has 0 unspecified atom stereocenters. The molecule has 0 amide bonds. The minimum Gasteiger partial charge on any atom is -0.316 e. The molecule has 78 valence electrons. The fourth-order valence-corrected chi connectivity index (χ4v) is 1.54. The van der Waals surface area contributed by atoms with Gasteiger partial charge in [0.15, 0.2) is 0 Å². The topological polar surface area (TPSA) is 29.9 Å². The minimum absolute atomic E-state index is 0.929. The summed E-state index contributed by atoms with van der Waals surface area (Å²) in [6.45, 7) is 5.19. The van der Waals surface area contributed by atoms with E-state index >= 15 is 0 Å². The molecule has 0 aliphatic heterocycles.